The number of oxime groups is 2. The molecular formula is C68H93N9O11. The second-order valence-electron chi connectivity index (χ2n) is 28.6. The summed E-state index contributed by atoms with van der Waals surface area (Å²) in [4.78, 5) is 104. The number of fused-ring (bicyclic) bond motifs is 10. The van der Waals surface area contributed by atoms with Crippen molar-refractivity contribution >= 4 is 57.3 Å². The maximum atomic E-state index is 14.4. The molecule has 88 heavy (non-hydrogen) atoms. The van der Waals surface area contributed by atoms with Gasteiger partial charge in [-0.1, -0.05) is 85.9 Å². The summed E-state index contributed by atoms with van der Waals surface area (Å²) in [5.74, 6) is 0.403. The molecule has 4 aliphatic heterocycles. The largest absolute Gasteiger partial charge is 0.461 e. The highest BCUT2D eigenvalue weighted by molar-refractivity contribution is 6.44. The van der Waals surface area contributed by atoms with Crippen molar-refractivity contribution in [3.63, 3.8) is 0 Å². The van der Waals surface area contributed by atoms with Gasteiger partial charge in [0.15, 0.2) is 17.1 Å². The molecule has 0 spiro atoms. The molecule has 0 radical (unpaired) electrons. The summed E-state index contributed by atoms with van der Waals surface area (Å²) in [5, 5.41) is 7.78. The number of amides is 1. The Bertz CT molecular complexity index is 3350. The molecule has 10 atom stereocenters. The maximum Gasteiger partial charge on any atom is 0.362 e. The third kappa shape index (κ3) is 14.4. The minimum absolute atomic E-state index is 0.0365. The molecule has 8 fully saturated rings. The van der Waals surface area contributed by atoms with Crippen LogP contribution in [0.25, 0.3) is 22.1 Å². The number of hydrogen-bond donors (Lipinski definition) is 1. The van der Waals surface area contributed by atoms with Crippen molar-refractivity contribution < 1.29 is 43.1 Å². The minimum Gasteiger partial charge on any atom is -0.461 e. The quantitative estimate of drug-likeness (QED) is 0.0504. The van der Waals surface area contributed by atoms with E-state index < -0.39 is 65.1 Å². The van der Waals surface area contributed by atoms with E-state index in [2.05, 4.69) is 30.1 Å². The molecule has 6 unspecified atom stereocenters. The Morgan fingerprint density at radius 1 is 0.500 bits per heavy atom. The van der Waals surface area contributed by atoms with Crippen LogP contribution in [0.4, 0.5) is 0 Å². The number of para-hydroxylation sites is 4. The lowest BCUT2D eigenvalue weighted by Gasteiger charge is -2.55. The molecule has 4 saturated carbocycles. The first-order chi connectivity index (χ1) is 42.2. The number of esters is 3. The maximum absolute atomic E-state index is 14.4. The molecule has 8 bridgehead atoms. The van der Waals surface area contributed by atoms with Gasteiger partial charge < -0.3 is 38.8 Å². The number of carbonyl (C=O) groups is 4. The molecule has 4 aliphatic carbocycles. The molecule has 20 nitrogen and oxygen atoms in total. The van der Waals surface area contributed by atoms with Crippen LogP contribution in [0.2, 0.25) is 0 Å². The summed E-state index contributed by atoms with van der Waals surface area (Å²) >= 11 is 0. The van der Waals surface area contributed by atoms with Crippen LogP contribution in [0, 0.1) is 23.7 Å². The van der Waals surface area contributed by atoms with Gasteiger partial charge in [0.2, 0.25) is 18.9 Å². The molecule has 2 N–H and O–H groups in total. The average Bonchev–Trinajstić information content (AvgIpc) is 0.782. The van der Waals surface area contributed by atoms with Gasteiger partial charge in [-0.3, -0.25) is 24.2 Å². The molecule has 12 rings (SSSR count). The van der Waals surface area contributed by atoms with Gasteiger partial charge in [-0.25, -0.2) is 24.4 Å². The van der Waals surface area contributed by atoms with Gasteiger partial charge in [0, 0.05) is 48.3 Å². The predicted octanol–water partition coefficient (Wildman–Crippen LogP) is 10.0. The van der Waals surface area contributed by atoms with E-state index in [0.717, 1.165) is 86.1 Å². The zero-order valence-corrected chi connectivity index (χ0v) is 52.9. The summed E-state index contributed by atoms with van der Waals surface area (Å²) in [6, 6.07) is 18.0. The molecular weight excluding hydrogens is 1120 g/mol. The van der Waals surface area contributed by atoms with Gasteiger partial charge in [0.05, 0.1) is 28.7 Å². The van der Waals surface area contributed by atoms with Crippen molar-refractivity contribution in [1.82, 2.24) is 28.9 Å². The van der Waals surface area contributed by atoms with E-state index in [1.165, 1.54) is 89.9 Å². The number of piperidine rings is 4. The Morgan fingerprint density at radius 3 is 1.24 bits per heavy atom. The standard InChI is InChI=1S/C35H48N4O6.C33H45N5O5/c1-5-43-34(42)32(37-44-21-30(40)45-35(2,3)4)31-33(41)39(29-15-7-6-14-28(29)36-31)27-19-24-12-9-13-25(20-27)38(24)26-17-22-10-8-11-23(16-22)18-26;1-33(2,3)43-28(39)19-42-36-29(31(34)40)30-32(41)38(27-13-5-4-12-26(27)35-30)25-17-22-10-7-11-23(18-25)37(22)24-15-20-8-6-9-21(14-20)16-24/h6-7,14-15,22-27H,5,8-13,16-21H2,1-4H3;4-5,12-13,20-25H,6-11,14-19H2,1-3H3,(H2,34,40)/b37-32-;36-29-/t22?,23?,24-,25+,26?,27?;20?,21?,22-,23+,24?,25?. The minimum atomic E-state index is -0.954. The zero-order valence-electron chi connectivity index (χ0n) is 52.9. The van der Waals surface area contributed by atoms with Crippen LogP contribution in [0.3, 0.4) is 0 Å². The van der Waals surface area contributed by atoms with Crippen molar-refractivity contribution in [3.05, 3.63) is 80.6 Å². The smallest absolute Gasteiger partial charge is 0.362 e. The first-order valence-electron chi connectivity index (χ1n) is 33.1. The number of rotatable bonds is 15. The highest BCUT2D eigenvalue weighted by Gasteiger charge is 2.48. The van der Waals surface area contributed by atoms with Crippen molar-refractivity contribution in [2.45, 2.75) is 249 Å². The van der Waals surface area contributed by atoms with Gasteiger partial charge in [-0.2, -0.15) is 0 Å². The van der Waals surface area contributed by atoms with Gasteiger partial charge in [0.1, 0.15) is 11.2 Å². The number of nitrogens with two attached hydrogens (primary N) is 1. The van der Waals surface area contributed by atoms with E-state index in [9.17, 15) is 28.8 Å². The van der Waals surface area contributed by atoms with Crippen molar-refractivity contribution in [3.8, 4) is 0 Å². The molecule has 4 saturated heterocycles. The highest BCUT2D eigenvalue weighted by atomic mass is 16.7. The van der Waals surface area contributed by atoms with Crippen LogP contribution in [0.5, 0.6) is 0 Å². The molecule has 8 aliphatic rings. The fourth-order valence-corrected chi connectivity index (χ4v) is 17.2. The molecule has 2 aromatic heterocycles. The molecule has 6 heterocycles. The Kier molecular flexibility index (Phi) is 19.3. The van der Waals surface area contributed by atoms with Crippen LogP contribution < -0.4 is 16.9 Å². The third-order valence-corrected chi connectivity index (χ3v) is 20.0. The van der Waals surface area contributed by atoms with Crippen LogP contribution in [-0.2, 0) is 43.1 Å². The number of aromatic nitrogens is 4. The van der Waals surface area contributed by atoms with Crippen molar-refractivity contribution in [2.24, 2.45) is 39.7 Å². The SMILES string of the molecule is CC(C)(C)OC(=O)CO/N=C(\C(N)=O)c1nc2ccccc2n(C2C[C@H]3CCC[C@@H](C2)N3C2CC3CCCC(C3)C2)c1=O.CCOC(=O)/C(=N\OCC(=O)OC(C)(C)C)c1nc2ccccc2n(C2C[C@H]3CCC[C@@H](C2)N3C2CC3CCCC(C3)C2)c1=O. The summed E-state index contributed by atoms with van der Waals surface area (Å²) in [6.45, 7) is 11.2. The normalized spacial score (nSPS) is 29.3. The Morgan fingerprint density at radius 2 is 0.864 bits per heavy atom. The van der Waals surface area contributed by atoms with E-state index in [1.54, 1.807) is 48.5 Å². The van der Waals surface area contributed by atoms with E-state index in [-0.39, 0.29) is 35.8 Å². The molecule has 1 amide bonds. The Labute approximate surface area is 516 Å². The zero-order chi connectivity index (χ0) is 62.0. The lowest BCUT2D eigenvalue weighted by molar-refractivity contribution is -0.161. The number of nitrogens with zero attached hydrogens (tertiary/aromatic N) is 8. The number of carbonyl (C=O) groups excluding carboxylic acids is 4. The summed E-state index contributed by atoms with van der Waals surface area (Å²) in [6.07, 6.45) is 27.0. The summed E-state index contributed by atoms with van der Waals surface area (Å²) in [7, 11) is 0. The first-order valence-corrected chi connectivity index (χ1v) is 33.1. The topological polar surface area (TPSA) is 241 Å². The van der Waals surface area contributed by atoms with Crippen LogP contribution in [0.15, 0.2) is 68.4 Å². The molecule has 20 heteroatoms. The number of hydrogen-bond acceptors (Lipinski definition) is 17. The summed E-state index contributed by atoms with van der Waals surface area (Å²) in [5.41, 5.74) is 5.05. The van der Waals surface area contributed by atoms with Crippen LogP contribution in [-0.4, -0.2) is 131 Å². The lowest BCUT2D eigenvalue weighted by atomic mass is 9.68. The van der Waals surface area contributed by atoms with E-state index in [1.807, 2.05) is 57.7 Å². The fourth-order valence-electron chi connectivity index (χ4n) is 17.2. The van der Waals surface area contributed by atoms with Gasteiger partial charge in [-0.15, -0.1) is 0 Å². The van der Waals surface area contributed by atoms with Gasteiger partial charge in [0.25, 0.3) is 17.0 Å². The monoisotopic (exact) mass is 1210 g/mol. The molecule has 2 aromatic carbocycles. The van der Waals surface area contributed by atoms with E-state index in [0.29, 0.717) is 47.3 Å². The fraction of sp³-hybridized carbons (Fsp3) is 0.676. The van der Waals surface area contributed by atoms with E-state index >= 15 is 0 Å². The molecule has 476 valence electrons. The number of primary amides is 1. The lowest BCUT2D eigenvalue weighted by Crippen LogP contribution is -2.58. The Balaban J connectivity index is 0.000000182. The average molecular weight is 1210 g/mol. The van der Waals surface area contributed by atoms with Gasteiger partial charge in [-0.05, 0) is 186 Å². The van der Waals surface area contributed by atoms with Crippen molar-refractivity contribution in [1.29, 1.82) is 0 Å². The van der Waals surface area contributed by atoms with Crippen LogP contribution in [0.1, 0.15) is 213 Å². The number of ether oxygens (including phenoxy) is 3. The first kappa shape index (κ1) is 63.0. The predicted molar refractivity (Wildman–Crippen MR) is 335 cm³/mol. The van der Waals surface area contributed by atoms with Gasteiger partial charge >= 0.3 is 17.9 Å². The highest BCUT2D eigenvalue weighted by Crippen LogP contribution is 2.50. The van der Waals surface area contributed by atoms with E-state index in [4.69, 9.17) is 29.6 Å². The third-order valence-electron chi connectivity index (χ3n) is 20.0. The number of benzene rings is 2. The molecule has 4 aromatic rings. The van der Waals surface area contributed by atoms with Crippen molar-refractivity contribution in [2.75, 3.05) is 19.8 Å². The second-order valence-corrected chi connectivity index (χ2v) is 28.6. The van der Waals surface area contributed by atoms with Crippen LogP contribution >= 0.6 is 0 Å². The second kappa shape index (κ2) is 26.9. The summed E-state index contributed by atoms with van der Waals surface area (Å²) < 4.78 is 19.5. The Hall–Kier alpha value is -6.54.